The Morgan fingerprint density at radius 3 is 2.75 bits per heavy atom. The standard InChI is InChI=1S/C11H17F/c1-8(2)10-5-4-9(3)11(6-10)7-12/h4,7-8,10H,5-6H2,1-3H3/b11-7+/t10-/m1/s1. The first kappa shape index (κ1) is 9.50. The second-order valence-electron chi connectivity index (χ2n) is 3.97. The second kappa shape index (κ2) is 3.88. The van der Waals surface area contributed by atoms with Gasteiger partial charge in [-0.15, -0.1) is 0 Å². The van der Waals surface area contributed by atoms with Crippen LogP contribution in [0, 0.1) is 11.8 Å². The van der Waals surface area contributed by atoms with E-state index >= 15 is 0 Å². The lowest BCUT2D eigenvalue weighted by molar-refractivity contribution is 0.376. The highest BCUT2D eigenvalue weighted by molar-refractivity contribution is 5.30. The van der Waals surface area contributed by atoms with Crippen molar-refractivity contribution in [2.75, 3.05) is 0 Å². The number of halogens is 1. The Labute approximate surface area is 74.2 Å². The fourth-order valence-electron chi connectivity index (χ4n) is 1.62. The molecule has 0 bridgehead atoms. The zero-order chi connectivity index (χ0) is 9.14. The minimum Gasteiger partial charge on any atom is -0.215 e. The quantitative estimate of drug-likeness (QED) is 0.558. The van der Waals surface area contributed by atoms with Crippen LogP contribution in [0.2, 0.25) is 0 Å². The van der Waals surface area contributed by atoms with Crippen molar-refractivity contribution in [3.63, 3.8) is 0 Å². The molecule has 0 saturated heterocycles. The van der Waals surface area contributed by atoms with Crippen LogP contribution in [-0.4, -0.2) is 0 Å². The topological polar surface area (TPSA) is 0 Å². The molecular weight excluding hydrogens is 151 g/mol. The Morgan fingerprint density at radius 1 is 1.58 bits per heavy atom. The number of hydrogen-bond acceptors (Lipinski definition) is 0. The minimum absolute atomic E-state index is 0.635. The highest BCUT2D eigenvalue weighted by Crippen LogP contribution is 2.32. The van der Waals surface area contributed by atoms with Crippen LogP contribution in [0.5, 0.6) is 0 Å². The van der Waals surface area contributed by atoms with Gasteiger partial charge in [-0.25, -0.2) is 4.39 Å². The summed E-state index contributed by atoms with van der Waals surface area (Å²) in [5.41, 5.74) is 2.01. The van der Waals surface area contributed by atoms with Crippen LogP contribution in [0.4, 0.5) is 4.39 Å². The summed E-state index contributed by atoms with van der Waals surface area (Å²) in [6, 6.07) is 0. The molecule has 1 rings (SSSR count). The maximum atomic E-state index is 12.4. The van der Waals surface area contributed by atoms with Crippen LogP contribution in [0.3, 0.4) is 0 Å². The van der Waals surface area contributed by atoms with E-state index in [2.05, 4.69) is 19.9 Å². The molecule has 0 amide bonds. The molecule has 0 aromatic heterocycles. The number of allylic oxidation sites excluding steroid dienone is 3. The molecule has 0 aromatic rings. The lowest BCUT2D eigenvalue weighted by Gasteiger charge is -2.25. The first-order chi connectivity index (χ1) is 5.65. The van der Waals surface area contributed by atoms with E-state index in [0.29, 0.717) is 11.8 Å². The molecule has 0 aromatic carbocycles. The van der Waals surface area contributed by atoms with Crippen molar-refractivity contribution in [3.05, 3.63) is 23.6 Å². The lowest BCUT2D eigenvalue weighted by atomic mass is 9.80. The average molecular weight is 168 g/mol. The Balaban J connectivity index is 2.71. The molecule has 0 saturated carbocycles. The van der Waals surface area contributed by atoms with Crippen molar-refractivity contribution < 1.29 is 4.39 Å². The van der Waals surface area contributed by atoms with E-state index in [1.807, 2.05) is 6.92 Å². The van der Waals surface area contributed by atoms with Gasteiger partial charge in [-0.1, -0.05) is 19.9 Å². The van der Waals surface area contributed by atoms with E-state index < -0.39 is 0 Å². The van der Waals surface area contributed by atoms with Crippen molar-refractivity contribution in [1.82, 2.24) is 0 Å². The number of hydrogen-bond donors (Lipinski definition) is 0. The first-order valence-corrected chi connectivity index (χ1v) is 4.61. The summed E-state index contributed by atoms with van der Waals surface area (Å²) in [6.07, 6.45) is 4.94. The summed E-state index contributed by atoms with van der Waals surface area (Å²) in [5, 5.41) is 0. The Morgan fingerprint density at radius 2 is 2.25 bits per heavy atom. The van der Waals surface area contributed by atoms with Crippen LogP contribution < -0.4 is 0 Å². The van der Waals surface area contributed by atoms with Crippen molar-refractivity contribution in [3.8, 4) is 0 Å². The largest absolute Gasteiger partial charge is 0.215 e. The van der Waals surface area contributed by atoms with Gasteiger partial charge < -0.3 is 0 Å². The fraction of sp³-hybridized carbons (Fsp3) is 0.636. The second-order valence-corrected chi connectivity index (χ2v) is 3.97. The summed E-state index contributed by atoms with van der Waals surface area (Å²) in [4.78, 5) is 0. The molecule has 0 radical (unpaired) electrons. The summed E-state index contributed by atoms with van der Waals surface area (Å²) >= 11 is 0. The van der Waals surface area contributed by atoms with Crippen LogP contribution >= 0.6 is 0 Å². The van der Waals surface area contributed by atoms with Crippen molar-refractivity contribution >= 4 is 0 Å². The van der Waals surface area contributed by atoms with Crippen LogP contribution in [0.1, 0.15) is 33.6 Å². The van der Waals surface area contributed by atoms with Crippen molar-refractivity contribution in [1.29, 1.82) is 0 Å². The van der Waals surface area contributed by atoms with E-state index in [4.69, 9.17) is 0 Å². The number of rotatable bonds is 1. The van der Waals surface area contributed by atoms with E-state index in [1.165, 1.54) is 0 Å². The lowest BCUT2D eigenvalue weighted by Crippen LogP contribution is -2.13. The van der Waals surface area contributed by atoms with Gasteiger partial charge in [-0.2, -0.15) is 0 Å². The van der Waals surface area contributed by atoms with E-state index in [1.54, 1.807) is 0 Å². The maximum absolute atomic E-state index is 12.4. The third-order valence-corrected chi connectivity index (χ3v) is 2.79. The molecule has 0 aliphatic heterocycles. The van der Waals surface area contributed by atoms with Crippen molar-refractivity contribution in [2.45, 2.75) is 33.6 Å². The van der Waals surface area contributed by atoms with E-state index in [0.717, 1.165) is 30.3 Å². The summed E-state index contributed by atoms with van der Waals surface area (Å²) in [6.45, 7) is 6.39. The van der Waals surface area contributed by atoms with Gasteiger partial charge in [0.2, 0.25) is 0 Å². The molecule has 1 aliphatic carbocycles. The molecule has 0 fully saturated rings. The predicted octanol–water partition coefficient (Wildman–Crippen LogP) is 3.85. The van der Waals surface area contributed by atoms with Gasteiger partial charge in [-0.05, 0) is 42.7 Å². The molecule has 1 heteroatoms. The zero-order valence-electron chi connectivity index (χ0n) is 8.10. The third kappa shape index (κ3) is 1.96. The summed E-state index contributed by atoms with van der Waals surface area (Å²) in [5.74, 6) is 1.29. The highest BCUT2D eigenvalue weighted by atomic mass is 19.1. The molecule has 68 valence electrons. The molecule has 1 aliphatic rings. The van der Waals surface area contributed by atoms with Gasteiger partial charge in [-0.3, -0.25) is 0 Å². The van der Waals surface area contributed by atoms with E-state index in [9.17, 15) is 4.39 Å². The first-order valence-electron chi connectivity index (χ1n) is 4.61. The summed E-state index contributed by atoms with van der Waals surface area (Å²) in [7, 11) is 0. The van der Waals surface area contributed by atoms with Crippen LogP contribution in [0.25, 0.3) is 0 Å². The average Bonchev–Trinajstić information content (AvgIpc) is 2.05. The highest BCUT2D eigenvalue weighted by Gasteiger charge is 2.19. The molecule has 12 heavy (non-hydrogen) atoms. The Hall–Kier alpha value is -0.590. The Bertz CT molecular complexity index is 211. The van der Waals surface area contributed by atoms with Gasteiger partial charge in [0.1, 0.15) is 0 Å². The van der Waals surface area contributed by atoms with Gasteiger partial charge in [0.15, 0.2) is 0 Å². The van der Waals surface area contributed by atoms with Gasteiger partial charge in [0, 0.05) is 0 Å². The van der Waals surface area contributed by atoms with Gasteiger partial charge in [0.05, 0.1) is 6.33 Å². The van der Waals surface area contributed by atoms with Gasteiger partial charge in [0.25, 0.3) is 0 Å². The summed E-state index contributed by atoms with van der Waals surface area (Å²) < 4.78 is 12.4. The SMILES string of the molecule is CC1=CC[C@@H](C(C)C)C/C1=C\F. The molecular formula is C11H17F. The predicted molar refractivity (Wildman–Crippen MR) is 50.5 cm³/mol. The molecule has 1 atom stereocenters. The molecule has 0 N–H and O–H groups in total. The smallest absolute Gasteiger partial charge is 0.0901 e. The molecule has 0 unspecified atom stereocenters. The van der Waals surface area contributed by atoms with E-state index in [-0.39, 0.29) is 0 Å². The maximum Gasteiger partial charge on any atom is 0.0901 e. The monoisotopic (exact) mass is 168 g/mol. The normalized spacial score (nSPS) is 27.9. The third-order valence-electron chi connectivity index (χ3n) is 2.79. The van der Waals surface area contributed by atoms with Gasteiger partial charge >= 0.3 is 0 Å². The van der Waals surface area contributed by atoms with Crippen LogP contribution in [-0.2, 0) is 0 Å². The van der Waals surface area contributed by atoms with Crippen LogP contribution in [0.15, 0.2) is 23.6 Å². The van der Waals surface area contributed by atoms with Crippen molar-refractivity contribution in [2.24, 2.45) is 11.8 Å². The molecule has 0 nitrogen and oxygen atoms in total. The zero-order valence-corrected chi connectivity index (χ0v) is 8.10. The minimum atomic E-state index is 0.635. The molecule has 0 heterocycles. The molecule has 0 spiro atoms. The fourth-order valence-corrected chi connectivity index (χ4v) is 1.62. The Kier molecular flexibility index (Phi) is 3.07.